The smallest absolute Gasteiger partial charge is 0.303 e. The van der Waals surface area contributed by atoms with Crippen LogP contribution in [0.2, 0.25) is 0 Å². The second-order valence-electron chi connectivity index (χ2n) is 29.9. The first-order valence-electron chi connectivity index (χ1n) is 33.7. The molecule has 2 aromatic carbocycles. The first-order valence-corrected chi connectivity index (χ1v) is 33.7. The van der Waals surface area contributed by atoms with E-state index in [1.807, 2.05) is 0 Å². The molecule has 12 rings (SSSR count). The third-order valence-electron chi connectivity index (χ3n) is 26.0. The van der Waals surface area contributed by atoms with E-state index in [4.69, 9.17) is 9.47 Å². The minimum atomic E-state index is -0.634. The number of rotatable bonds is 15. The van der Waals surface area contributed by atoms with Crippen LogP contribution in [0.15, 0.2) is 60.7 Å². The van der Waals surface area contributed by atoms with E-state index in [9.17, 15) is 9.90 Å². The largest absolute Gasteiger partial charge is 0.481 e. The minimum absolute atomic E-state index is 0.331. The van der Waals surface area contributed by atoms with Crippen LogP contribution in [-0.2, 0) is 27.5 Å². The Labute approximate surface area is 477 Å². The molecular weight excluding hydrogens is 957 g/mol. The lowest BCUT2D eigenvalue weighted by atomic mass is 9.44. The van der Waals surface area contributed by atoms with Crippen molar-refractivity contribution in [2.45, 2.75) is 247 Å². The number of piperidine rings is 2. The van der Waals surface area contributed by atoms with Crippen LogP contribution in [-0.4, -0.2) is 60.9 Å². The van der Waals surface area contributed by atoms with Gasteiger partial charge < -0.3 is 24.8 Å². The summed E-state index contributed by atoms with van der Waals surface area (Å²) in [5, 5.41) is 12.5. The van der Waals surface area contributed by atoms with E-state index in [1.54, 1.807) is 0 Å². The lowest BCUT2D eigenvalue weighted by Gasteiger charge is -2.61. The van der Waals surface area contributed by atoms with Crippen molar-refractivity contribution in [3.05, 3.63) is 71.8 Å². The molecule has 2 aromatic rings. The summed E-state index contributed by atoms with van der Waals surface area (Å²) in [6.07, 6.45) is 38.6. The van der Waals surface area contributed by atoms with Crippen LogP contribution in [0.25, 0.3) is 0 Å². The van der Waals surface area contributed by atoms with Crippen LogP contribution in [0.5, 0.6) is 0 Å². The van der Waals surface area contributed by atoms with E-state index < -0.39 is 5.97 Å². The van der Waals surface area contributed by atoms with Crippen molar-refractivity contribution in [1.29, 1.82) is 0 Å². The Balaban J connectivity index is 0.000000160. The molecule has 2 aliphatic heterocycles. The van der Waals surface area contributed by atoms with E-state index >= 15 is 0 Å². The number of hydrogen-bond acceptors (Lipinski definition) is 5. The zero-order chi connectivity index (χ0) is 54.3. The maximum atomic E-state index is 11.2. The molecule has 0 unspecified atom stereocenters. The van der Waals surface area contributed by atoms with Crippen molar-refractivity contribution in [1.82, 2.24) is 10.2 Å². The highest BCUT2D eigenvalue weighted by Crippen LogP contribution is 2.70. The van der Waals surface area contributed by atoms with Gasteiger partial charge in [0, 0.05) is 6.42 Å². The molecule has 0 radical (unpaired) electrons. The third-order valence-corrected chi connectivity index (χ3v) is 26.0. The molecule has 2 heterocycles. The van der Waals surface area contributed by atoms with Gasteiger partial charge in [0.2, 0.25) is 0 Å². The quantitative estimate of drug-likeness (QED) is 0.185. The SMILES string of the molecule is C1CCNCC1.C[C@H](CCC(=O)O)[C@H]1CC[C@H]2[C@@H]3CC[C@@H]4C[C@H](OCc5ccccc5)CC[C@]4(C)[C@H]3CC[C@]12C.C[C@H](CCCN1CCCCC1)[C@H]1CC[C@H]2[C@@H]3CC[C@@H]4C[C@H](OCc5ccccc5)CC[C@]4(C)[C@H]3CC[C@]12C. The first kappa shape index (κ1) is 58.9. The van der Waals surface area contributed by atoms with Gasteiger partial charge in [-0.05, 0) is 297 Å². The summed E-state index contributed by atoms with van der Waals surface area (Å²) in [5.74, 6) is 9.80. The molecule has 10 aliphatic rings. The Morgan fingerprint density at radius 1 is 0.551 bits per heavy atom. The summed E-state index contributed by atoms with van der Waals surface area (Å²) in [6, 6.07) is 21.4. The van der Waals surface area contributed by atoms with Gasteiger partial charge in [-0.15, -0.1) is 0 Å². The summed E-state index contributed by atoms with van der Waals surface area (Å²) in [4.78, 5) is 13.9. The summed E-state index contributed by atoms with van der Waals surface area (Å²) < 4.78 is 12.9. The minimum Gasteiger partial charge on any atom is -0.481 e. The second-order valence-corrected chi connectivity index (χ2v) is 29.9. The molecule has 10 fully saturated rings. The number of carbonyl (C=O) groups is 1. The fourth-order valence-electron chi connectivity index (χ4n) is 21.6. The average Bonchev–Trinajstić information content (AvgIpc) is 4.21. The van der Waals surface area contributed by atoms with E-state index in [-0.39, 0.29) is 0 Å². The van der Waals surface area contributed by atoms with Crippen LogP contribution < -0.4 is 5.32 Å². The van der Waals surface area contributed by atoms with Crippen molar-refractivity contribution in [2.75, 3.05) is 32.7 Å². The van der Waals surface area contributed by atoms with Crippen molar-refractivity contribution in [3.63, 3.8) is 0 Å². The molecule has 436 valence electrons. The van der Waals surface area contributed by atoms with Gasteiger partial charge >= 0.3 is 5.97 Å². The van der Waals surface area contributed by atoms with Gasteiger partial charge in [0.1, 0.15) is 0 Å². The van der Waals surface area contributed by atoms with Crippen LogP contribution in [0.4, 0.5) is 0 Å². The van der Waals surface area contributed by atoms with Crippen molar-refractivity contribution < 1.29 is 19.4 Å². The lowest BCUT2D eigenvalue weighted by Crippen LogP contribution is -2.54. The van der Waals surface area contributed by atoms with Crippen molar-refractivity contribution in [3.8, 4) is 0 Å². The molecule has 18 atom stereocenters. The molecule has 0 amide bonds. The fraction of sp³-hybridized carbons (Fsp3) is 0.819. The Kier molecular flexibility index (Phi) is 20.1. The number of carboxylic acid groups (broad SMARTS) is 1. The van der Waals surface area contributed by atoms with Gasteiger partial charge in [-0.1, -0.05) is 115 Å². The highest BCUT2D eigenvalue weighted by Gasteiger charge is 2.62. The summed E-state index contributed by atoms with van der Waals surface area (Å²) in [7, 11) is 0. The maximum absolute atomic E-state index is 11.2. The Hall–Kier alpha value is -2.25. The number of nitrogens with zero attached hydrogens (tertiary/aromatic N) is 1. The molecule has 2 saturated heterocycles. The molecule has 8 saturated carbocycles. The zero-order valence-corrected chi connectivity index (χ0v) is 50.7. The average molecular weight is 1070 g/mol. The van der Waals surface area contributed by atoms with Gasteiger partial charge in [-0.3, -0.25) is 4.79 Å². The van der Waals surface area contributed by atoms with Gasteiger partial charge in [-0.2, -0.15) is 0 Å². The molecular formula is C72H114N2O4. The van der Waals surface area contributed by atoms with Crippen molar-refractivity contribution >= 4 is 5.97 Å². The number of fused-ring (bicyclic) bond motifs is 10. The van der Waals surface area contributed by atoms with E-state index in [2.05, 4.69) is 112 Å². The number of aliphatic carboxylic acids is 1. The molecule has 6 nitrogen and oxygen atoms in total. The van der Waals surface area contributed by atoms with Gasteiger partial charge in [-0.25, -0.2) is 0 Å². The number of nitrogens with one attached hydrogen (secondary N) is 1. The van der Waals surface area contributed by atoms with Crippen LogP contribution >= 0.6 is 0 Å². The normalized spacial score (nSPS) is 40.8. The Bertz CT molecular complexity index is 2130. The second kappa shape index (κ2) is 26.5. The molecule has 6 heteroatoms. The summed E-state index contributed by atoms with van der Waals surface area (Å²) in [5.41, 5.74) is 4.72. The Morgan fingerprint density at radius 3 is 1.45 bits per heavy atom. The van der Waals surface area contributed by atoms with E-state index in [0.717, 1.165) is 78.8 Å². The predicted octanol–water partition coefficient (Wildman–Crippen LogP) is 17.6. The van der Waals surface area contributed by atoms with Crippen molar-refractivity contribution in [2.24, 2.45) is 92.7 Å². The highest BCUT2D eigenvalue weighted by molar-refractivity contribution is 5.66. The highest BCUT2D eigenvalue weighted by atomic mass is 16.5. The monoisotopic (exact) mass is 1070 g/mol. The number of carboxylic acids is 1. The molecule has 0 bridgehead atoms. The standard InChI is InChI=1S/C36H57NO.C31H46O3.C5H11N/c1-27(11-10-24-37-22-8-5-9-23-37)32-16-17-33-31-15-14-29-25-30(38-26-28-12-6-4-7-13-28)18-20-35(29,2)34(31)19-21-36(32,33)3;1-21(9-14-29(32)33)26-12-13-27-25-11-10-23-19-24(34-20-22-7-5-4-6-8-22)15-17-30(23,2)28(25)16-18-31(26,27)3;1-2-4-6-5-3-1/h4,6-7,12-13,27,29-34H,5,8-11,14-26H2,1-3H3;4-8,21,23-28H,9-20H2,1-3H3,(H,32,33);6H,1-5H2/t27-,29-,30-,31+,32-,33+,34+,35+,36-;21-,23-,24-,25+,26-,27+,28+,30+,31-;/m11./s1. The number of hydrogen-bond donors (Lipinski definition) is 2. The van der Waals surface area contributed by atoms with Gasteiger partial charge in [0.15, 0.2) is 0 Å². The molecule has 2 N–H and O–H groups in total. The number of benzene rings is 2. The first-order chi connectivity index (χ1) is 37.8. The predicted molar refractivity (Wildman–Crippen MR) is 322 cm³/mol. The topological polar surface area (TPSA) is 71.0 Å². The van der Waals surface area contributed by atoms with E-state index in [1.165, 1.54) is 211 Å². The Morgan fingerprint density at radius 2 is 1.00 bits per heavy atom. The van der Waals surface area contributed by atoms with Crippen LogP contribution in [0, 0.1) is 92.7 Å². The van der Waals surface area contributed by atoms with E-state index in [0.29, 0.717) is 52.1 Å². The van der Waals surface area contributed by atoms with Gasteiger partial charge in [0.05, 0.1) is 25.4 Å². The van der Waals surface area contributed by atoms with Gasteiger partial charge in [0.25, 0.3) is 0 Å². The summed E-state index contributed by atoms with van der Waals surface area (Å²) in [6.45, 7) is 23.8. The molecule has 0 aromatic heterocycles. The lowest BCUT2D eigenvalue weighted by molar-refractivity contribution is -0.140. The fourth-order valence-corrected chi connectivity index (χ4v) is 21.6. The summed E-state index contributed by atoms with van der Waals surface area (Å²) >= 11 is 0. The molecule has 78 heavy (non-hydrogen) atoms. The molecule has 0 spiro atoms. The molecule has 8 aliphatic carbocycles. The number of ether oxygens (including phenoxy) is 2. The third kappa shape index (κ3) is 13.1. The zero-order valence-electron chi connectivity index (χ0n) is 50.7. The maximum Gasteiger partial charge on any atom is 0.303 e. The van der Waals surface area contributed by atoms with Crippen LogP contribution in [0.3, 0.4) is 0 Å². The van der Waals surface area contributed by atoms with Crippen LogP contribution in [0.1, 0.15) is 232 Å². The number of likely N-dealkylation sites (tertiary alicyclic amines) is 1.